The van der Waals surface area contributed by atoms with Gasteiger partial charge in [-0.15, -0.1) is 0 Å². The summed E-state index contributed by atoms with van der Waals surface area (Å²) in [6.45, 7) is 6.74. The number of nitrogens with zero attached hydrogens (tertiary/aromatic N) is 2. The number of rotatable bonds is 6. The molecule has 1 aliphatic heterocycles. The van der Waals surface area contributed by atoms with Crippen LogP contribution in [-0.4, -0.2) is 41.4 Å². The Hall–Kier alpha value is -2.41. The maximum absolute atomic E-state index is 12.4. The van der Waals surface area contributed by atoms with E-state index in [1.165, 1.54) is 0 Å². The maximum Gasteiger partial charge on any atom is 0.220 e. The Balaban J connectivity index is 1.55. The fraction of sp³-hybridized carbons (Fsp3) is 0.526. The van der Waals surface area contributed by atoms with Crippen LogP contribution in [0.5, 0.6) is 5.75 Å². The lowest BCUT2D eigenvalue weighted by atomic mass is 10.0. The summed E-state index contributed by atoms with van der Waals surface area (Å²) in [5, 5.41) is 7.01. The molecule has 2 aromatic rings. The summed E-state index contributed by atoms with van der Waals surface area (Å²) in [5.41, 5.74) is 2.78. The standard InChI is InChI=1S/C19H25N3O4/c1-12-4-5-15(10-20-12)25-18-11-24-9-8-17(18)21-19(23)7-6-16-13(2)22-26-14(16)3/h4-5,10,17-18H,6-9,11H2,1-3H3,(H,21,23)/t17-,18+/m1/s1. The van der Waals surface area contributed by atoms with Gasteiger partial charge in [0, 0.05) is 24.3 Å². The van der Waals surface area contributed by atoms with Gasteiger partial charge in [0.1, 0.15) is 17.6 Å². The topological polar surface area (TPSA) is 86.5 Å². The van der Waals surface area contributed by atoms with Crippen LogP contribution in [0.4, 0.5) is 0 Å². The van der Waals surface area contributed by atoms with Gasteiger partial charge in [0.25, 0.3) is 0 Å². The van der Waals surface area contributed by atoms with E-state index in [0.29, 0.717) is 31.8 Å². The first kappa shape index (κ1) is 18.4. The number of aryl methyl sites for hydroxylation is 3. The van der Waals surface area contributed by atoms with Crippen LogP contribution in [0.15, 0.2) is 22.9 Å². The molecule has 1 fully saturated rings. The van der Waals surface area contributed by atoms with Crippen molar-refractivity contribution in [3.05, 3.63) is 41.0 Å². The number of aromatic nitrogens is 2. The predicted molar refractivity (Wildman–Crippen MR) is 95.1 cm³/mol. The molecule has 0 bridgehead atoms. The quantitative estimate of drug-likeness (QED) is 0.851. The molecule has 0 radical (unpaired) electrons. The summed E-state index contributed by atoms with van der Waals surface area (Å²) in [4.78, 5) is 16.6. The van der Waals surface area contributed by atoms with Gasteiger partial charge in [-0.25, -0.2) is 0 Å². The Morgan fingerprint density at radius 3 is 2.88 bits per heavy atom. The van der Waals surface area contributed by atoms with E-state index >= 15 is 0 Å². The van der Waals surface area contributed by atoms with Gasteiger partial charge in [0.05, 0.1) is 24.5 Å². The number of ether oxygens (including phenoxy) is 2. The summed E-state index contributed by atoms with van der Waals surface area (Å²) in [6, 6.07) is 3.70. The number of nitrogens with one attached hydrogen (secondary N) is 1. The molecule has 7 heteroatoms. The highest BCUT2D eigenvalue weighted by molar-refractivity contribution is 5.76. The van der Waals surface area contributed by atoms with Gasteiger partial charge in [-0.1, -0.05) is 5.16 Å². The minimum absolute atomic E-state index is 0.00692. The van der Waals surface area contributed by atoms with Crippen molar-refractivity contribution in [1.29, 1.82) is 0 Å². The second-order valence-corrected chi connectivity index (χ2v) is 6.63. The molecule has 3 rings (SSSR count). The molecule has 26 heavy (non-hydrogen) atoms. The lowest BCUT2D eigenvalue weighted by molar-refractivity contribution is -0.123. The summed E-state index contributed by atoms with van der Waals surface area (Å²) >= 11 is 0. The number of hydrogen-bond donors (Lipinski definition) is 1. The number of hydrogen-bond acceptors (Lipinski definition) is 6. The predicted octanol–water partition coefficient (Wildman–Crippen LogP) is 2.28. The minimum atomic E-state index is -0.226. The second-order valence-electron chi connectivity index (χ2n) is 6.63. The molecule has 7 nitrogen and oxygen atoms in total. The van der Waals surface area contributed by atoms with Crippen molar-refractivity contribution < 1.29 is 18.8 Å². The highest BCUT2D eigenvalue weighted by atomic mass is 16.5. The molecule has 1 aliphatic rings. The molecule has 140 valence electrons. The van der Waals surface area contributed by atoms with Crippen LogP contribution < -0.4 is 10.1 Å². The molecule has 0 saturated carbocycles. The summed E-state index contributed by atoms with van der Waals surface area (Å²) in [7, 11) is 0. The zero-order valence-electron chi connectivity index (χ0n) is 15.4. The number of amides is 1. The third-order valence-corrected chi connectivity index (χ3v) is 4.61. The average Bonchev–Trinajstić information content (AvgIpc) is 2.95. The van der Waals surface area contributed by atoms with E-state index in [1.54, 1.807) is 6.20 Å². The molecule has 3 heterocycles. The fourth-order valence-corrected chi connectivity index (χ4v) is 3.07. The third kappa shape index (κ3) is 4.60. The average molecular weight is 359 g/mol. The van der Waals surface area contributed by atoms with Crippen molar-refractivity contribution in [2.45, 2.75) is 52.2 Å². The molecule has 0 aliphatic carbocycles. The molecular formula is C19H25N3O4. The van der Waals surface area contributed by atoms with E-state index in [9.17, 15) is 4.79 Å². The van der Waals surface area contributed by atoms with Crippen molar-refractivity contribution in [1.82, 2.24) is 15.5 Å². The van der Waals surface area contributed by atoms with Crippen molar-refractivity contribution in [2.24, 2.45) is 0 Å². The maximum atomic E-state index is 12.4. The van der Waals surface area contributed by atoms with Gasteiger partial charge in [-0.05, 0) is 45.7 Å². The lowest BCUT2D eigenvalue weighted by Crippen LogP contribution is -2.51. The van der Waals surface area contributed by atoms with Crippen molar-refractivity contribution in [3.8, 4) is 5.75 Å². The van der Waals surface area contributed by atoms with Crippen LogP contribution in [0.3, 0.4) is 0 Å². The number of carbonyl (C=O) groups excluding carboxylic acids is 1. The Bertz CT molecular complexity index is 722. The molecule has 0 unspecified atom stereocenters. The second kappa shape index (κ2) is 8.31. The van der Waals surface area contributed by atoms with Gasteiger partial charge < -0.3 is 19.3 Å². The first-order valence-corrected chi connectivity index (χ1v) is 8.91. The van der Waals surface area contributed by atoms with E-state index in [-0.39, 0.29) is 18.1 Å². The normalized spacial score (nSPS) is 20.0. The smallest absolute Gasteiger partial charge is 0.220 e. The van der Waals surface area contributed by atoms with Crippen LogP contribution in [0.1, 0.15) is 35.6 Å². The van der Waals surface area contributed by atoms with Crippen LogP contribution in [0.2, 0.25) is 0 Å². The van der Waals surface area contributed by atoms with Crippen LogP contribution in [0, 0.1) is 20.8 Å². The highest BCUT2D eigenvalue weighted by Crippen LogP contribution is 2.18. The van der Waals surface area contributed by atoms with Gasteiger partial charge >= 0.3 is 0 Å². The molecule has 2 atom stereocenters. The molecule has 0 aromatic carbocycles. The molecule has 1 saturated heterocycles. The number of pyridine rings is 1. The zero-order valence-corrected chi connectivity index (χ0v) is 15.4. The monoisotopic (exact) mass is 359 g/mol. The highest BCUT2D eigenvalue weighted by Gasteiger charge is 2.29. The molecular weight excluding hydrogens is 334 g/mol. The van der Waals surface area contributed by atoms with E-state index in [2.05, 4.69) is 15.5 Å². The van der Waals surface area contributed by atoms with Crippen molar-refractivity contribution in [3.63, 3.8) is 0 Å². The summed E-state index contributed by atoms with van der Waals surface area (Å²) in [6.07, 6.45) is 3.19. The molecule has 0 spiro atoms. The summed E-state index contributed by atoms with van der Waals surface area (Å²) < 4.78 is 16.7. The fourth-order valence-electron chi connectivity index (χ4n) is 3.07. The van der Waals surface area contributed by atoms with Crippen LogP contribution in [-0.2, 0) is 16.0 Å². The largest absolute Gasteiger partial charge is 0.484 e. The van der Waals surface area contributed by atoms with E-state index < -0.39 is 0 Å². The SMILES string of the molecule is Cc1ccc(O[C@H]2COCC[C@H]2NC(=O)CCc2c(C)noc2C)cn1. The minimum Gasteiger partial charge on any atom is -0.484 e. The zero-order chi connectivity index (χ0) is 18.5. The summed E-state index contributed by atoms with van der Waals surface area (Å²) in [5.74, 6) is 1.45. The van der Waals surface area contributed by atoms with Gasteiger partial charge in [-0.2, -0.15) is 0 Å². The van der Waals surface area contributed by atoms with E-state index in [4.69, 9.17) is 14.0 Å². The third-order valence-electron chi connectivity index (χ3n) is 4.61. The van der Waals surface area contributed by atoms with Gasteiger partial charge in [-0.3, -0.25) is 9.78 Å². The van der Waals surface area contributed by atoms with Crippen LogP contribution in [0.25, 0.3) is 0 Å². The lowest BCUT2D eigenvalue weighted by Gasteiger charge is -2.32. The first-order valence-electron chi connectivity index (χ1n) is 8.91. The van der Waals surface area contributed by atoms with Gasteiger partial charge in [0.2, 0.25) is 5.91 Å². The molecule has 1 amide bonds. The number of carbonyl (C=O) groups is 1. The Morgan fingerprint density at radius 1 is 1.35 bits per heavy atom. The Morgan fingerprint density at radius 2 is 2.19 bits per heavy atom. The van der Waals surface area contributed by atoms with Crippen LogP contribution >= 0.6 is 0 Å². The Kier molecular flexibility index (Phi) is 5.88. The Labute approximate surface area is 153 Å². The molecule has 1 N–H and O–H groups in total. The van der Waals surface area contributed by atoms with Crippen molar-refractivity contribution >= 4 is 5.91 Å². The first-order chi connectivity index (χ1) is 12.5. The van der Waals surface area contributed by atoms with E-state index in [1.807, 2.05) is 32.9 Å². The van der Waals surface area contributed by atoms with Gasteiger partial charge in [0.15, 0.2) is 0 Å². The molecule has 2 aromatic heterocycles. The van der Waals surface area contributed by atoms with Crippen molar-refractivity contribution in [2.75, 3.05) is 13.2 Å². The van der Waals surface area contributed by atoms with E-state index in [0.717, 1.165) is 29.1 Å².